The standard InChI is InChI=1S/C15H26N2O4/c1-16(11-13-3-2-10-21-13)15(20)17-8-6-12(7-9-17)4-5-14(18)19/h12-13H,2-11H2,1H3,(H,18,19). The van der Waals surface area contributed by atoms with E-state index in [-0.39, 0.29) is 18.6 Å². The van der Waals surface area contributed by atoms with Crippen LogP contribution in [0.15, 0.2) is 0 Å². The van der Waals surface area contributed by atoms with E-state index in [0.717, 1.165) is 51.8 Å². The van der Waals surface area contributed by atoms with Gasteiger partial charge in [0.2, 0.25) is 0 Å². The minimum Gasteiger partial charge on any atom is -0.481 e. The van der Waals surface area contributed by atoms with Crippen LogP contribution in [0.4, 0.5) is 4.79 Å². The van der Waals surface area contributed by atoms with Crippen LogP contribution >= 0.6 is 0 Å². The molecule has 2 fully saturated rings. The molecule has 0 bridgehead atoms. The summed E-state index contributed by atoms with van der Waals surface area (Å²) < 4.78 is 5.56. The number of carboxylic acid groups (broad SMARTS) is 1. The molecule has 2 rings (SSSR count). The maximum Gasteiger partial charge on any atom is 0.319 e. The van der Waals surface area contributed by atoms with Gasteiger partial charge in [-0.2, -0.15) is 0 Å². The van der Waals surface area contributed by atoms with Crippen molar-refractivity contribution in [2.75, 3.05) is 33.3 Å². The quantitative estimate of drug-likeness (QED) is 0.840. The first-order chi connectivity index (χ1) is 10.1. The predicted octanol–water partition coefficient (Wildman–Crippen LogP) is 1.79. The molecular weight excluding hydrogens is 272 g/mol. The average Bonchev–Trinajstić information content (AvgIpc) is 2.97. The molecule has 1 atom stereocenters. The molecule has 120 valence electrons. The van der Waals surface area contributed by atoms with Gasteiger partial charge in [0.25, 0.3) is 0 Å². The summed E-state index contributed by atoms with van der Waals surface area (Å²) in [6, 6.07) is 0.0715. The van der Waals surface area contributed by atoms with Gasteiger partial charge >= 0.3 is 12.0 Å². The molecule has 21 heavy (non-hydrogen) atoms. The van der Waals surface area contributed by atoms with Gasteiger partial charge in [-0.15, -0.1) is 0 Å². The molecule has 0 aromatic carbocycles. The van der Waals surface area contributed by atoms with E-state index in [4.69, 9.17) is 9.84 Å². The lowest BCUT2D eigenvalue weighted by Gasteiger charge is -2.35. The van der Waals surface area contributed by atoms with E-state index in [1.807, 2.05) is 11.9 Å². The van der Waals surface area contributed by atoms with Gasteiger partial charge < -0.3 is 19.6 Å². The summed E-state index contributed by atoms with van der Waals surface area (Å²) in [7, 11) is 1.83. The third kappa shape index (κ3) is 4.88. The second kappa shape index (κ2) is 7.64. The molecule has 2 saturated heterocycles. The van der Waals surface area contributed by atoms with Crippen LogP contribution in [-0.2, 0) is 9.53 Å². The van der Waals surface area contributed by atoms with Crippen LogP contribution in [0.2, 0.25) is 0 Å². The molecule has 0 aromatic rings. The zero-order valence-electron chi connectivity index (χ0n) is 12.8. The normalized spacial score (nSPS) is 23.3. The maximum atomic E-state index is 12.4. The first kappa shape index (κ1) is 16.1. The van der Waals surface area contributed by atoms with E-state index >= 15 is 0 Å². The molecule has 6 heteroatoms. The van der Waals surface area contributed by atoms with Crippen molar-refractivity contribution >= 4 is 12.0 Å². The van der Waals surface area contributed by atoms with E-state index in [1.165, 1.54) is 0 Å². The number of amides is 2. The molecule has 1 unspecified atom stereocenters. The van der Waals surface area contributed by atoms with Gasteiger partial charge in [-0.3, -0.25) is 4.79 Å². The van der Waals surface area contributed by atoms with Crippen molar-refractivity contribution in [3.63, 3.8) is 0 Å². The van der Waals surface area contributed by atoms with E-state index in [0.29, 0.717) is 12.5 Å². The number of likely N-dealkylation sites (N-methyl/N-ethyl adjacent to an activating group) is 1. The summed E-state index contributed by atoms with van der Waals surface area (Å²) in [6.45, 7) is 2.94. The smallest absolute Gasteiger partial charge is 0.319 e. The number of aliphatic carboxylic acids is 1. The molecule has 0 aromatic heterocycles. The number of likely N-dealkylation sites (tertiary alicyclic amines) is 1. The van der Waals surface area contributed by atoms with Crippen LogP contribution in [-0.4, -0.2) is 66.3 Å². The monoisotopic (exact) mass is 298 g/mol. The molecule has 0 spiro atoms. The molecular formula is C15H26N2O4. The number of hydrogen-bond acceptors (Lipinski definition) is 3. The number of rotatable bonds is 5. The Hall–Kier alpha value is -1.30. The van der Waals surface area contributed by atoms with Crippen LogP contribution in [0.25, 0.3) is 0 Å². The van der Waals surface area contributed by atoms with Crippen LogP contribution < -0.4 is 0 Å². The summed E-state index contributed by atoms with van der Waals surface area (Å²) in [4.78, 5) is 26.6. The second-order valence-electron chi connectivity index (χ2n) is 6.16. The highest BCUT2D eigenvalue weighted by Crippen LogP contribution is 2.23. The number of carbonyl (C=O) groups excluding carboxylic acids is 1. The van der Waals surface area contributed by atoms with Gasteiger partial charge in [0.1, 0.15) is 0 Å². The van der Waals surface area contributed by atoms with Gasteiger partial charge in [-0.25, -0.2) is 4.79 Å². The molecule has 1 N–H and O–H groups in total. The number of nitrogens with zero attached hydrogens (tertiary/aromatic N) is 2. The number of hydrogen-bond donors (Lipinski definition) is 1. The Balaban J connectivity index is 1.70. The second-order valence-corrected chi connectivity index (χ2v) is 6.16. The Morgan fingerprint density at radius 1 is 1.29 bits per heavy atom. The summed E-state index contributed by atoms with van der Waals surface area (Å²) in [6.07, 6.45) is 5.09. The van der Waals surface area contributed by atoms with Crippen molar-refractivity contribution in [3.05, 3.63) is 0 Å². The highest BCUT2D eigenvalue weighted by Gasteiger charge is 2.27. The van der Waals surface area contributed by atoms with Gasteiger partial charge in [-0.1, -0.05) is 0 Å². The van der Waals surface area contributed by atoms with Gasteiger partial charge in [0, 0.05) is 39.7 Å². The molecule has 2 heterocycles. The molecule has 0 saturated carbocycles. The average molecular weight is 298 g/mol. The fraction of sp³-hybridized carbons (Fsp3) is 0.867. The Kier molecular flexibility index (Phi) is 5.85. The summed E-state index contributed by atoms with van der Waals surface area (Å²) in [5.74, 6) is -0.293. The third-order valence-electron chi connectivity index (χ3n) is 4.48. The topological polar surface area (TPSA) is 70.1 Å². The van der Waals surface area contributed by atoms with E-state index in [9.17, 15) is 9.59 Å². The first-order valence-corrected chi connectivity index (χ1v) is 7.89. The number of ether oxygens (including phenoxy) is 1. The number of piperidine rings is 1. The summed E-state index contributed by atoms with van der Waals surface area (Å²) >= 11 is 0. The molecule has 2 amide bonds. The SMILES string of the molecule is CN(CC1CCCO1)C(=O)N1CCC(CCC(=O)O)CC1. The Morgan fingerprint density at radius 2 is 2.00 bits per heavy atom. The molecule has 0 aliphatic carbocycles. The zero-order chi connectivity index (χ0) is 15.2. The van der Waals surface area contributed by atoms with Crippen LogP contribution in [0, 0.1) is 5.92 Å². The van der Waals surface area contributed by atoms with Crippen LogP contribution in [0.3, 0.4) is 0 Å². The van der Waals surface area contributed by atoms with Gasteiger partial charge in [0.05, 0.1) is 6.10 Å². The summed E-state index contributed by atoms with van der Waals surface area (Å²) in [5, 5.41) is 8.71. The van der Waals surface area contributed by atoms with E-state index in [1.54, 1.807) is 4.90 Å². The molecule has 2 aliphatic heterocycles. The third-order valence-corrected chi connectivity index (χ3v) is 4.48. The van der Waals surface area contributed by atoms with Crippen molar-refractivity contribution in [2.24, 2.45) is 5.92 Å². The molecule has 0 radical (unpaired) electrons. The van der Waals surface area contributed by atoms with Crippen molar-refractivity contribution in [3.8, 4) is 0 Å². The largest absolute Gasteiger partial charge is 0.481 e. The Labute approximate surface area is 126 Å². The Morgan fingerprint density at radius 3 is 2.57 bits per heavy atom. The van der Waals surface area contributed by atoms with E-state index in [2.05, 4.69) is 0 Å². The number of urea groups is 1. The van der Waals surface area contributed by atoms with Crippen molar-refractivity contribution in [1.29, 1.82) is 0 Å². The lowest BCUT2D eigenvalue weighted by atomic mass is 9.92. The minimum absolute atomic E-state index is 0.0715. The predicted molar refractivity (Wildman–Crippen MR) is 78.2 cm³/mol. The maximum absolute atomic E-state index is 12.4. The lowest BCUT2D eigenvalue weighted by molar-refractivity contribution is -0.137. The Bertz CT molecular complexity index is 361. The highest BCUT2D eigenvalue weighted by molar-refractivity contribution is 5.74. The highest BCUT2D eigenvalue weighted by atomic mass is 16.5. The lowest BCUT2D eigenvalue weighted by Crippen LogP contribution is -2.47. The number of carboxylic acids is 1. The first-order valence-electron chi connectivity index (χ1n) is 7.89. The minimum atomic E-state index is -0.732. The van der Waals surface area contributed by atoms with Crippen LogP contribution in [0.1, 0.15) is 38.5 Å². The van der Waals surface area contributed by atoms with Crippen molar-refractivity contribution in [1.82, 2.24) is 9.80 Å². The van der Waals surface area contributed by atoms with E-state index < -0.39 is 5.97 Å². The summed E-state index contributed by atoms with van der Waals surface area (Å²) in [5.41, 5.74) is 0. The fourth-order valence-electron chi connectivity index (χ4n) is 3.15. The fourth-order valence-corrected chi connectivity index (χ4v) is 3.15. The van der Waals surface area contributed by atoms with Crippen molar-refractivity contribution < 1.29 is 19.4 Å². The zero-order valence-corrected chi connectivity index (χ0v) is 12.8. The van der Waals surface area contributed by atoms with Gasteiger partial charge in [-0.05, 0) is 38.0 Å². The van der Waals surface area contributed by atoms with Gasteiger partial charge in [0.15, 0.2) is 0 Å². The van der Waals surface area contributed by atoms with Crippen molar-refractivity contribution in [2.45, 2.75) is 44.6 Å². The van der Waals surface area contributed by atoms with Crippen LogP contribution in [0.5, 0.6) is 0 Å². The molecule has 6 nitrogen and oxygen atoms in total. The molecule has 2 aliphatic rings. The number of carbonyl (C=O) groups is 2.